The fraction of sp³-hybridized carbons (Fsp3) is 0.0909. The maximum absolute atomic E-state index is 12.4. The second kappa shape index (κ2) is 8.34. The summed E-state index contributed by atoms with van der Waals surface area (Å²) in [7, 11) is -3.92. The molecular weight excluding hydrogens is 457 g/mol. The van der Waals surface area contributed by atoms with Gasteiger partial charge >= 0.3 is 6.36 Å². The average molecular weight is 474 g/mol. The molecule has 1 heterocycles. The Balaban J connectivity index is 1.72. The Morgan fingerprint density at radius 2 is 1.61 bits per heavy atom. The smallest absolute Gasteiger partial charge is 0.406 e. The summed E-state index contributed by atoms with van der Waals surface area (Å²) < 4.78 is 64.8. The molecule has 0 unspecified atom stereocenters. The largest absolute Gasteiger partial charge is 0.573 e. The topological polar surface area (TPSA) is 107 Å². The molecule has 7 nitrogen and oxygen atoms in total. The Labute approximate surface area is 187 Å². The summed E-state index contributed by atoms with van der Waals surface area (Å²) in [4.78, 5) is -0.00533. The number of nitrogens with two attached hydrogens (primary N) is 1. The van der Waals surface area contributed by atoms with Crippen molar-refractivity contribution in [2.45, 2.75) is 18.2 Å². The number of aryl methyl sites for hydroxylation is 1. The first-order valence-electron chi connectivity index (χ1n) is 9.53. The fourth-order valence-electron chi connectivity index (χ4n) is 3.34. The highest BCUT2D eigenvalue weighted by Gasteiger charge is 2.31. The highest BCUT2D eigenvalue weighted by atomic mass is 32.2. The number of alkyl halides is 3. The molecule has 0 amide bonds. The summed E-state index contributed by atoms with van der Waals surface area (Å²) in [6.07, 6.45) is -4.77. The lowest BCUT2D eigenvalue weighted by Crippen LogP contribution is -2.16. The molecule has 0 radical (unpaired) electrons. The van der Waals surface area contributed by atoms with Gasteiger partial charge in [0.05, 0.1) is 4.90 Å². The second-order valence-electron chi connectivity index (χ2n) is 7.17. The third-order valence-corrected chi connectivity index (χ3v) is 5.86. The third-order valence-electron chi connectivity index (χ3n) is 4.81. The normalized spacial score (nSPS) is 12.0. The number of nitrogens with zero attached hydrogens (tertiary/aromatic N) is 2. The van der Waals surface area contributed by atoms with E-state index < -0.39 is 16.4 Å². The van der Waals surface area contributed by atoms with Crippen LogP contribution in [0.4, 0.5) is 24.7 Å². The van der Waals surface area contributed by atoms with Crippen molar-refractivity contribution in [1.29, 1.82) is 0 Å². The fourth-order valence-corrected chi connectivity index (χ4v) is 4.15. The van der Waals surface area contributed by atoms with E-state index in [1.54, 1.807) is 43.3 Å². The van der Waals surface area contributed by atoms with Gasteiger partial charge in [0.15, 0.2) is 5.82 Å². The van der Waals surface area contributed by atoms with Crippen molar-refractivity contribution in [3.63, 3.8) is 0 Å². The summed E-state index contributed by atoms with van der Waals surface area (Å²) in [6, 6.07) is 17.2. The van der Waals surface area contributed by atoms with Crippen LogP contribution in [0.15, 0.2) is 71.6 Å². The van der Waals surface area contributed by atoms with Crippen LogP contribution in [0.5, 0.6) is 5.75 Å². The molecule has 0 aliphatic heterocycles. The van der Waals surface area contributed by atoms with Crippen molar-refractivity contribution in [2.24, 2.45) is 5.14 Å². The highest BCUT2D eigenvalue weighted by Crippen LogP contribution is 2.33. The molecule has 4 aromatic rings. The Morgan fingerprint density at radius 3 is 2.24 bits per heavy atom. The minimum Gasteiger partial charge on any atom is -0.406 e. The summed E-state index contributed by atoms with van der Waals surface area (Å²) in [5, 5.41) is 18.2. The van der Waals surface area contributed by atoms with Crippen molar-refractivity contribution in [2.75, 3.05) is 5.32 Å². The van der Waals surface area contributed by atoms with Gasteiger partial charge < -0.3 is 10.1 Å². The third kappa shape index (κ3) is 5.04. The monoisotopic (exact) mass is 474 g/mol. The van der Waals surface area contributed by atoms with Crippen molar-refractivity contribution in [1.82, 2.24) is 10.2 Å². The molecule has 0 saturated carbocycles. The molecule has 0 bridgehead atoms. The number of aromatic nitrogens is 2. The van der Waals surface area contributed by atoms with Gasteiger partial charge in [-0.3, -0.25) is 0 Å². The van der Waals surface area contributed by atoms with Crippen LogP contribution < -0.4 is 15.2 Å². The number of benzene rings is 3. The quantitative estimate of drug-likeness (QED) is 0.426. The van der Waals surface area contributed by atoms with Crippen LogP contribution in [-0.2, 0) is 10.0 Å². The van der Waals surface area contributed by atoms with Crippen LogP contribution >= 0.6 is 0 Å². The second-order valence-corrected chi connectivity index (χ2v) is 8.70. The molecule has 3 aromatic carbocycles. The van der Waals surface area contributed by atoms with Crippen molar-refractivity contribution < 1.29 is 26.3 Å². The number of halogens is 3. The maximum atomic E-state index is 12.4. The SMILES string of the molecule is Cc1ccc(-c2nnc(Nc3ccc(OC(F)(F)F)cc3)c3ccccc23)cc1S(N)(=O)=O. The Morgan fingerprint density at radius 1 is 0.939 bits per heavy atom. The number of primary sulfonamides is 1. The van der Waals surface area contributed by atoms with E-state index in [2.05, 4.69) is 20.3 Å². The van der Waals surface area contributed by atoms with Crippen LogP contribution in [0.25, 0.3) is 22.0 Å². The van der Waals surface area contributed by atoms with Crippen LogP contribution in [0.1, 0.15) is 5.56 Å². The number of hydrogen-bond acceptors (Lipinski definition) is 6. The number of sulfonamides is 1. The first-order valence-corrected chi connectivity index (χ1v) is 11.1. The summed E-state index contributed by atoms with van der Waals surface area (Å²) in [6.45, 7) is 1.64. The number of anilines is 2. The van der Waals surface area contributed by atoms with Crippen LogP contribution in [-0.4, -0.2) is 25.0 Å². The van der Waals surface area contributed by atoms with Gasteiger partial charge in [-0.2, -0.15) is 0 Å². The van der Waals surface area contributed by atoms with Crippen LogP contribution in [0.2, 0.25) is 0 Å². The van der Waals surface area contributed by atoms with Gasteiger partial charge in [-0.25, -0.2) is 13.6 Å². The summed E-state index contributed by atoms with van der Waals surface area (Å²) in [5.74, 6) is 0.0296. The average Bonchev–Trinajstić information content (AvgIpc) is 2.74. The van der Waals surface area contributed by atoms with E-state index in [-0.39, 0.29) is 10.6 Å². The van der Waals surface area contributed by atoms with E-state index in [9.17, 15) is 21.6 Å². The van der Waals surface area contributed by atoms with Gasteiger partial charge in [-0.15, -0.1) is 23.4 Å². The van der Waals surface area contributed by atoms with Gasteiger partial charge in [0, 0.05) is 22.0 Å². The van der Waals surface area contributed by atoms with Crippen LogP contribution in [0, 0.1) is 6.92 Å². The first-order chi connectivity index (χ1) is 15.5. The molecule has 0 spiro atoms. The zero-order chi connectivity index (χ0) is 23.8. The highest BCUT2D eigenvalue weighted by molar-refractivity contribution is 7.89. The zero-order valence-electron chi connectivity index (χ0n) is 17.1. The number of hydrogen-bond donors (Lipinski definition) is 2. The molecule has 3 N–H and O–H groups in total. The van der Waals surface area contributed by atoms with Crippen molar-refractivity contribution in [3.8, 4) is 17.0 Å². The Kier molecular flexibility index (Phi) is 5.68. The molecule has 0 atom stereocenters. The van der Waals surface area contributed by atoms with E-state index in [1.807, 2.05) is 0 Å². The Bertz CT molecular complexity index is 1440. The van der Waals surface area contributed by atoms with Gasteiger partial charge in [0.1, 0.15) is 11.4 Å². The standard InChI is InChI=1S/C22H17F3N4O3S/c1-13-6-7-14(12-19(13)33(26,30)31)20-17-4-2-3-5-18(17)21(29-28-20)27-15-8-10-16(11-9-15)32-22(23,24)25/h2-12H,1H3,(H,27,29)(H2,26,30,31). The predicted octanol–water partition coefficient (Wildman–Crippen LogP) is 4.89. The van der Waals surface area contributed by atoms with E-state index >= 15 is 0 Å². The number of nitrogens with one attached hydrogen (secondary N) is 1. The van der Waals surface area contributed by atoms with E-state index in [1.165, 1.54) is 30.3 Å². The minimum atomic E-state index is -4.77. The molecule has 0 fully saturated rings. The lowest BCUT2D eigenvalue weighted by molar-refractivity contribution is -0.274. The lowest BCUT2D eigenvalue weighted by atomic mass is 10.0. The molecule has 0 aliphatic rings. The van der Waals surface area contributed by atoms with Gasteiger partial charge in [0.25, 0.3) is 0 Å². The Hall–Kier alpha value is -3.70. The van der Waals surface area contributed by atoms with Crippen molar-refractivity contribution in [3.05, 3.63) is 72.3 Å². The van der Waals surface area contributed by atoms with Crippen molar-refractivity contribution >= 4 is 32.3 Å². The maximum Gasteiger partial charge on any atom is 0.573 e. The van der Waals surface area contributed by atoms with Gasteiger partial charge in [-0.05, 0) is 42.8 Å². The molecule has 4 rings (SSSR count). The molecule has 0 aliphatic carbocycles. The van der Waals surface area contributed by atoms with Crippen LogP contribution in [0.3, 0.4) is 0 Å². The molecule has 33 heavy (non-hydrogen) atoms. The molecule has 11 heteroatoms. The van der Waals surface area contributed by atoms with E-state index in [0.717, 1.165) is 0 Å². The van der Waals surface area contributed by atoms with E-state index in [4.69, 9.17) is 5.14 Å². The minimum absolute atomic E-state index is 0.00533. The molecular formula is C22H17F3N4O3S. The lowest BCUT2D eigenvalue weighted by Gasteiger charge is -2.13. The first kappa shape index (κ1) is 22.5. The predicted molar refractivity (Wildman–Crippen MR) is 117 cm³/mol. The number of ether oxygens (including phenoxy) is 1. The molecule has 170 valence electrons. The number of rotatable bonds is 5. The van der Waals surface area contributed by atoms with Gasteiger partial charge in [0.2, 0.25) is 10.0 Å². The zero-order valence-corrected chi connectivity index (χ0v) is 17.9. The summed E-state index contributed by atoms with van der Waals surface area (Å²) >= 11 is 0. The van der Waals surface area contributed by atoms with E-state index in [0.29, 0.717) is 39.1 Å². The summed E-state index contributed by atoms with van der Waals surface area (Å²) in [5.41, 5.74) is 1.96. The number of fused-ring (bicyclic) bond motifs is 1. The molecule has 0 saturated heterocycles. The van der Waals surface area contributed by atoms with Gasteiger partial charge in [-0.1, -0.05) is 36.4 Å². The molecule has 1 aromatic heterocycles.